The smallest absolute Gasteiger partial charge is 0.318 e. The number of urea groups is 1. The Balaban J connectivity index is 1.96. The molecule has 0 bridgehead atoms. The monoisotopic (exact) mass is 246 g/mol. The lowest BCUT2D eigenvalue weighted by molar-refractivity contribution is 0.169. The summed E-state index contributed by atoms with van der Waals surface area (Å²) in [6.07, 6.45) is 3.50. The zero-order chi connectivity index (χ0) is 13.0. The molecule has 3 heteroatoms. The van der Waals surface area contributed by atoms with Crippen molar-refractivity contribution in [3.63, 3.8) is 0 Å². The first-order chi connectivity index (χ1) is 8.66. The molecule has 2 amide bonds. The summed E-state index contributed by atoms with van der Waals surface area (Å²) in [7, 11) is 0. The van der Waals surface area contributed by atoms with Crippen LogP contribution in [0.4, 0.5) is 4.79 Å². The molecule has 0 spiro atoms. The third-order valence-corrected chi connectivity index (χ3v) is 3.51. The van der Waals surface area contributed by atoms with Gasteiger partial charge in [-0.2, -0.15) is 0 Å². The van der Waals surface area contributed by atoms with Crippen molar-refractivity contribution >= 4 is 6.03 Å². The largest absolute Gasteiger partial charge is 0.335 e. The average Bonchev–Trinajstić information content (AvgIpc) is 2.31. The lowest BCUT2D eigenvalue weighted by atomic mass is 9.93. The third kappa shape index (κ3) is 3.25. The molecule has 1 aromatic rings. The highest BCUT2D eigenvalue weighted by atomic mass is 16.2. The van der Waals surface area contributed by atoms with Gasteiger partial charge in [-0.15, -0.1) is 0 Å². The summed E-state index contributed by atoms with van der Waals surface area (Å²) >= 11 is 0. The molecule has 1 aliphatic rings. The Morgan fingerprint density at radius 2 is 2.00 bits per heavy atom. The Labute approximate surface area is 109 Å². The van der Waals surface area contributed by atoms with Gasteiger partial charge < -0.3 is 10.2 Å². The summed E-state index contributed by atoms with van der Waals surface area (Å²) in [4.78, 5) is 14.1. The highest BCUT2D eigenvalue weighted by Crippen LogP contribution is 2.19. The first-order valence-electron chi connectivity index (χ1n) is 6.78. The molecule has 0 saturated heterocycles. The fourth-order valence-corrected chi connectivity index (χ4v) is 2.08. The van der Waals surface area contributed by atoms with Gasteiger partial charge in [0.2, 0.25) is 0 Å². The SMILES string of the molecule is CC(C)N(Cc1ccccc1)C(=O)NC1CCC1. The number of hydrogen-bond donors (Lipinski definition) is 1. The molecule has 1 N–H and O–H groups in total. The molecule has 0 radical (unpaired) electrons. The van der Waals surface area contributed by atoms with Gasteiger partial charge >= 0.3 is 6.03 Å². The van der Waals surface area contributed by atoms with Gasteiger partial charge in [0.15, 0.2) is 0 Å². The van der Waals surface area contributed by atoms with E-state index in [1.54, 1.807) is 0 Å². The molecule has 3 nitrogen and oxygen atoms in total. The van der Waals surface area contributed by atoms with Crippen molar-refractivity contribution in [2.24, 2.45) is 0 Å². The van der Waals surface area contributed by atoms with Gasteiger partial charge in [-0.3, -0.25) is 0 Å². The number of amides is 2. The highest BCUT2D eigenvalue weighted by Gasteiger charge is 2.23. The molecule has 98 valence electrons. The number of nitrogens with one attached hydrogen (secondary N) is 1. The zero-order valence-corrected chi connectivity index (χ0v) is 11.2. The lowest BCUT2D eigenvalue weighted by Crippen LogP contribution is -2.49. The molecule has 0 unspecified atom stereocenters. The van der Waals surface area contributed by atoms with Crippen LogP contribution in [-0.4, -0.2) is 23.0 Å². The fourth-order valence-electron chi connectivity index (χ4n) is 2.08. The van der Waals surface area contributed by atoms with Crippen molar-refractivity contribution in [3.05, 3.63) is 35.9 Å². The number of benzene rings is 1. The molecule has 1 fully saturated rings. The van der Waals surface area contributed by atoms with Gasteiger partial charge in [-0.05, 0) is 38.7 Å². The molecule has 2 rings (SSSR count). The number of carbonyl (C=O) groups excluding carboxylic acids is 1. The van der Waals surface area contributed by atoms with Crippen molar-refractivity contribution in [3.8, 4) is 0 Å². The highest BCUT2D eigenvalue weighted by molar-refractivity contribution is 5.75. The lowest BCUT2D eigenvalue weighted by Gasteiger charge is -2.32. The van der Waals surface area contributed by atoms with Crippen molar-refractivity contribution in [1.29, 1.82) is 0 Å². The third-order valence-electron chi connectivity index (χ3n) is 3.51. The molecule has 0 heterocycles. The van der Waals surface area contributed by atoms with E-state index in [2.05, 4.69) is 31.3 Å². The maximum atomic E-state index is 12.2. The predicted molar refractivity (Wildman–Crippen MR) is 73.3 cm³/mol. The Bertz CT molecular complexity index is 385. The van der Waals surface area contributed by atoms with Crippen LogP contribution in [0.2, 0.25) is 0 Å². The summed E-state index contributed by atoms with van der Waals surface area (Å²) in [6, 6.07) is 10.8. The van der Waals surface area contributed by atoms with Crippen LogP contribution >= 0.6 is 0 Å². The number of rotatable bonds is 4. The van der Waals surface area contributed by atoms with Crippen LogP contribution in [0.15, 0.2) is 30.3 Å². The quantitative estimate of drug-likeness (QED) is 0.869. The summed E-state index contributed by atoms with van der Waals surface area (Å²) in [6.45, 7) is 4.80. The van der Waals surface area contributed by atoms with Crippen LogP contribution < -0.4 is 5.32 Å². The van der Waals surface area contributed by atoms with Gasteiger partial charge in [-0.1, -0.05) is 30.3 Å². The van der Waals surface area contributed by atoms with E-state index < -0.39 is 0 Å². The molecule has 0 atom stereocenters. The van der Waals surface area contributed by atoms with E-state index >= 15 is 0 Å². The maximum absolute atomic E-state index is 12.2. The van der Waals surface area contributed by atoms with E-state index in [0.717, 1.165) is 12.8 Å². The first-order valence-corrected chi connectivity index (χ1v) is 6.78. The second kappa shape index (κ2) is 5.89. The number of carbonyl (C=O) groups is 1. The van der Waals surface area contributed by atoms with Crippen LogP contribution in [0, 0.1) is 0 Å². The predicted octanol–water partition coefficient (Wildman–Crippen LogP) is 3.16. The topological polar surface area (TPSA) is 32.3 Å². The zero-order valence-electron chi connectivity index (χ0n) is 11.2. The minimum atomic E-state index is 0.0681. The van der Waals surface area contributed by atoms with Gasteiger partial charge in [0.1, 0.15) is 0 Å². The second-order valence-corrected chi connectivity index (χ2v) is 5.28. The van der Waals surface area contributed by atoms with Crippen LogP contribution in [0.25, 0.3) is 0 Å². The van der Waals surface area contributed by atoms with Crippen molar-refractivity contribution < 1.29 is 4.79 Å². The summed E-state index contributed by atoms with van der Waals surface area (Å²) in [5.74, 6) is 0. The number of hydrogen-bond acceptors (Lipinski definition) is 1. The summed E-state index contributed by atoms with van der Waals surface area (Å²) in [5.41, 5.74) is 1.18. The molecule has 0 aromatic heterocycles. The minimum absolute atomic E-state index is 0.0681. The van der Waals surface area contributed by atoms with Gasteiger partial charge in [0.25, 0.3) is 0 Å². The molecular formula is C15H22N2O. The molecule has 1 aliphatic carbocycles. The fraction of sp³-hybridized carbons (Fsp3) is 0.533. The number of nitrogens with zero attached hydrogens (tertiary/aromatic N) is 1. The van der Waals surface area contributed by atoms with Gasteiger partial charge in [-0.25, -0.2) is 4.79 Å². The van der Waals surface area contributed by atoms with Crippen molar-refractivity contribution in [2.75, 3.05) is 0 Å². The van der Waals surface area contributed by atoms with E-state index in [-0.39, 0.29) is 12.1 Å². The minimum Gasteiger partial charge on any atom is -0.335 e. The average molecular weight is 246 g/mol. The normalized spacial score (nSPS) is 15.3. The Morgan fingerprint density at radius 3 is 2.50 bits per heavy atom. The van der Waals surface area contributed by atoms with E-state index in [1.807, 2.05) is 23.1 Å². The van der Waals surface area contributed by atoms with E-state index in [4.69, 9.17) is 0 Å². The van der Waals surface area contributed by atoms with Crippen LogP contribution in [-0.2, 0) is 6.54 Å². The Kier molecular flexibility index (Phi) is 4.24. The molecule has 1 saturated carbocycles. The summed E-state index contributed by atoms with van der Waals surface area (Å²) in [5, 5.41) is 3.11. The molecule has 18 heavy (non-hydrogen) atoms. The van der Waals surface area contributed by atoms with E-state index in [1.165, 1.54) is 12.0 Å². The Hall–Kier alpha value is -1.51. The van der Waals surface area contributed by atoms with Crippen LogP contribution in [0.1, 0.15) is 38.7 Å². The standard InChI is InChI=1S/C15H22N2O/c1-12(2)17(11-13-7-4-3-5-8-13)15(18)16-14-9-6-10-14/h3-5,7-8,12,14H,6,9-11H2,1-2H3,(H,16,18). The van der Waals surface area contributed by atoms with E-state index in [9.17, 15) is 4.79 Å². The maximum Gasteiger partial charge on any atom is 0.318 e. The van der Waals surface area contributed by atoms with Crippen LogP contribution in [0.5, 0.6) is 0 Å². The van der Waals surface area contributed by atoms with Crippen LogP contribution in [0.3, 0.4) is 0 Å². The first kappa shape index (κ1) is 12.9. The van der Waals surface area contributed by atoms with Gasteiger partial charge in [0, 0.05) is 18.6 Å². The Morgan fingerprint density at radius 1 is 1.33 bits per heavy atom. The molecular weight excluding hydrogens is 224 g/mol. The molecule has 1 aromatic carbocycles. The van der Waals surface area contributed by atoms with Gasteiger partial charge in [0.05, 0.1) is 0 Å². The van der Waals surface area contributed by atoms with Crippen molar-refractivity contribution in [2.45, 2.75) is 51.7 Å². The van der Waals surface area contributed by atoms with Crippen molar-refractivity contribution in [1.82, 2.24) is 10.2 Å². The van der Waals surface area contributed by atoms with E-state index in [0.29, 0.717) is 12.6 Å². The summed E-state index contributed by atoms with van der Waals surface area (Å²) < 4.78 is 0. The molecule has 0 aliphatic heterocycles. The second-order valence-electron chi connectivity index (χ2n) is 5.28.